The lowest BCUT2D eigenvalue weighted by Gasteiger charge is -2.13. The van der Waals surface area contributed by atoms with E-state index in [-0.39, 0.29) is 24.0 Å². The van der Waals surface area contributed by atoms with Crippen molar-refractivity contribution in [1.29, 1.82) is 0 Å². The molecule has 0 unspecified atom stereocenters. The molecule has 1 rings (SSSR count). The molecule has 5 nitrogen and oxygen atoms in total. The lowest BCUT2D eigenvalue weighted by molar-refractivity contribution is 0.397. The summed E-state index contributed by atoms with van der Waals surface area (Å²) in [4.78, 5) is 8.27. The van der Waals surface area contributed by atoms with Gasteiger partial charge in [0.2, 0.25) is 5.88 Å². The van der Waals surface area contributed by atoms with E-state index in [9.17, 15) is 0 Å². The van der Waals surface area contributed by atoms with Gasteiger partial charge in [0.1, 0.15) is 0 Å². The smallest absolute Gasteiger partial charge is 0.213 e. The van der Waals surface area contributed by atoms with Crippen LogP contribution in [0.1, 0.15) is 25.8 Å². The molecule has 114 valence electrons. The molecule has 0 atom stereocenters. The van der Waals surface area contributed by atoms with Crippen LogP contribution in [-0.4, -0.2) is 31.6 Å². The molecule has 20 heavy (non-hydrogen) atoms. The first-order valence-corrected chi connectivity index (χ1v) is 6.59. The van der Waals surface area contributed by atoms with Crippen LogP contribution in [0.15, 0.2) is 23.3 Å². The number of rotatable bonds is 6. The van der Waals surface area contributed by atoms with Crippen LogP contribution in [0.25, 0.3) is 0 Å². The Bertz CT molecular complexity index is 410. The summed E-state index contributed by atoms with van der Waals surface area (Å²) in [5.41, 5.74) is 1.11. The second kappa shape index (κ2) is 10.7. The summed E-state index contributed by atoms with van der Waals surface area (Å²) in [6.45, 7) is 6.04. The topological polar surface area (TPSA) is 58.5 Å². The van der Waals surface area contributed by atoms with Crippen LogP contribution in [0, 0.1) is 5.92 Å². The molecule has 0 bridgehead atoms. The van der Waals surface area contributed by atoms with Gasteiger partial charge in [-0.3, -0.25) is 4.99 Å². The van der Waals surface area contributed by atoms with Gasteiger partial charge in [-0.25, -0.2) is 4.98 Å². The standard InChI is InChI=1S/C14H24N4O.HI/c1-11(2)5-7-17-14(15-3)18-10-12-6-8-16-13(9-12)19-4;/h6,8-9,11H,5,7,10H2,1-4H3,(H2,15,17,18);1H. The third kappa shape index (κ3) is 7.52. The minimum atomic E-state index is 0. The number of hydrogen-bond donors (Lipinski definition) is 2. The molecule has 0 radical (unpaired) electrons. The summed E-state index contributed by atoms with van der Waals surface area (Å²) in [6, 6.07) is 3.87. The highest BCUT2D eigenvalue weighted by Crippen LogP contribution is 2.07. The number of halogens is 1. The van der Waals surface area contributed by atoms with Gasteiger partial charge in [-0.2, -0.15) is 0 Å². The minimum Gasteiger partial charge on any atom is -0.481 e. The van der Waals surface area contributed by atoms with Crippen molar-refractivity contribution in [3.05, 3.63) is 23.9 Å². The molecular weight excluding hydrogens is 367 g/mol. The van der Waals surface area contributed by atoms with Crippen LogP contribution in [0.2, 0.25) is 0 Å². The Hall–Kier alpha value is -1.05. The Morgan fingerprint density at radius 3 is 2.75 bits per heavy atom. The van der Waals surface area contributed by atoms with Gasteiger partial charge in [0.15, 0.2) is 5.96 Å². The van der Waals surface area contributed by atoms with E-state index in [2.05, 4.69) is 34.5 Å². The Balaban J connectivity index is 0.00000361. The molecule has 0 amide bonds. The van der Waals surface area contributed by atoms with Crippen LogP contribution >= 0.6 is 24.0 Å². The monoisotopic (exact) mass is 392 g/mol. The van der Waals surface area contributed by atoms with Crippen LogP contribution < -0.4 is 15.4 Å². The van der Waals surface area contributed by atoms with Crippen molar-refractivity contribution < 1.29 is 4.74 Å². The van der Waals surface area contributed by atoms with Crippen LogP contribution in [0.4, 0.5) is 0 Å². The van der Waals surface area contributed by atoms with E-state index in [0.717, 1.165) is 24.5 Å². The first kappa shape index (κ1) is 18.9. The van der Waals surface area contributed by atoms with Gasteiger partial charge in [-0.15, -0.1) is 24.0 Å². The molecule has 0 saturated carbocycles. The molecule has 1 aromatic heterocycles. The maximum atomic E-state index is 5.09. The normalized spacial score (nSPS) is 10.9. The molecule has 0 fully saturated rings. The van der Waals surface area contributed by atoms with E-state index in [4.69, 9.17) is 4.74 Å². The largest absolute Gasteiger partial charge is 0.481 e. The number of nitrogens with zero attached hydrogens (tertiary/aromatic N) is 2. The average molecular weight is 392 g/mol. The fourth-order valence-electron chi connectivity index (χ4n) is 1.56. The van der Waals surface area contributed by atoms with E-state index < -0.39 is 0 Å². The second-order valence-corrected chi connectivity index (χ2v) is 4.74. The summed E-state index contributed by atoms with van der Waals surface area (Å²) in [5, 5.41) is 6.56. The van der Waals surface area contributed by atoms with E-state index in [0.29, 0.717) is 18.3 Å². The van der Waals surface area contributed by atoms with E-state index in [1.165, 1.54) is 0 Å². The van der Waals surface area contributed by atoms with Gasteiger partial charge in [0.05, 0.1) is 7.11 Å². The highest BCUT2D eigenvalue weighted by Gasteiger charge is 2.00. The molecule has 1 heterocycles. The van der Waals surface area contributed by atoms with Gasteiger partial charge in [-0.05, 0) is 24.0 Å². The number of aromatic nitrogens is 1. The van der Waals surface area contributed by atoms with Crippen LogP contribution in [0.3, 0.4) is 0 Å². The van der Waals surface area contributed by atoms with Gasteiger partial charge in [-0.1, -0.05) is 13.8 Å². The van der Waals surface area contributed by atoms with Gasteiger partial charge < -0.3 is 15.4 Å². The molecular formula is C14H25IN4O. The van der Waals surface area contributed by atoms with Crippen molar-refractivity contribution in [1.82, 2.24) is 15.6 Å². The molecule has 6 heteroatoms. The summed E-state index contributed by atoms with van der Waals surface area (Å²) < 4.78 is 5.09. The average Bonchev–Trinajstić information content (AvgIpc) is 2.42. The number of pyridine rings is 1. The quantitative estimate of drug-likeness (QED) is 0.444. The summed E-state index contributed by atoms with van der Waals surface area (Å²) >= 11 is 0. The zero-order chi connectivity index (χ0) is 14.1. The molecule has 0 aliphatic rings. The van der Waals surface area contributed by atoms with Crippen molar-refractivity contribution in [2.75, 3.05) is 20.7 Å². The Morgan fingerprint density at radius 2 is 2.15 bits per heavy atom. The summed E-state index contributed by atoms with van der Waals surface area (Å²) in [6.07, 6.45) is 2.87. The Labute approximate surface area is 138 Å². The molecule has 0 aromatic carbocycles. The maximum absolute atomic E-state index is 5.09. The second-order valence-electron chi connectivity index (χ2n) is 4.74. The minimum absolute atomic E-state index is 0. The molecule has 2 N–H and O–H groups in total. The number of methoxy groups -OCH3 is 1. The number of nitrogens with one attached hydrogen (secondary N) is 2. The Kier molecular flexibility index (Phi) is 10.1. The number of hydrogen-bond acceptors (Lipinski definition) is 3. The van der Waals surface area contributed by atoms with Gasteiger partial charge in [0.25, 0.3) is 0 Å². The van der Waals surface area contributed by atoms with E-state index in [1.54, 1.807) is 20.4 Å². The summed E-state index contributed by atoms with van der Waals surface area (Å²) in [5.74, 6) is 2.13. The van der Waals surface area contributed by atoms with Crippen molar-refractivity contribution in [2.45, 2.75) is 26.8 Å². The zero-order valence-corrected chi connectivity index (χ0v) is 15.0. The Morgan fingerprint density at radius 1 is 1.40 bits per heavy atom. The predicted octanol–water partition coefficient (Wildman–Crippen LogP) is 2.42. The third-order valence-corrected chi connectivity index (χ3v) is 2.71. The number of guanidine groups is 1. The lowest BCUT2D eigenvalue weighted by Crippen LogP contribution is -2.37. The van der Waals surface area contributed by atoms with Crippen molar-refractivity contribution in [3.63, 3.8) is 0 Å². The van der Waals surface area contributed by atoms with Crippen LogP contribution in [0.5, 0.6) is 5.88 Å². The molecule has 1 aromatic rings. The highest BCUT2D eigenvalue weighted by molar-refractivity contribution is 14.0. The van der Waals surface area contributed by atoms with E-state index in [1.807, 2.05) is 12.1 Å². The van der Waals surface area contributed by atoms with Gasteiger partial charge in [0, 0.05) is 32.4 Å². The lowest BCUT2D eigenvalue weighted by atomic mass is 10.1. The van der Waals surface area contributed by atoms with Crippen molar-refractivity contribution in [3.8, 4) is 5.88 Å². The van der Waals surface area contributed by atoms with Crippen molar-refractivity contribution in [2.24, 2.45) is 10.9 Å². The summed E-state index contributed by atoms with van der Waals surface area (Å²) in [7, 11) is 3.39. The maximum Gasteiger partial charge on any atom is 0.213 e. The van der Waals surface area contributed by atoms with Gasteiger partial charge >= 0.3 is 0 Å². The first-order chi connectivity index (χ1) is 9.15. The third-order valence-electron chi connectivity index (χ3n) is 2.71. The fourth-order valence-corrected chi connectivity index (χ4v) is 1.56. The molecule has 0 saturated heterocycles. The SMILES string of the molecule is CN=C(NCCC(C)C)NCc1ccnc(OC)c1.I. The van der Waals surface area contributed by atoms with E-state index >= 15 is 0 Å². The fraction of sp³-hybridized carbons (Fsp3) is 0.571. The molecule has 0 aliphatic heterocycles. The van der Waals surface area contributed by atoms with Crippen molar-refractivity contribution >= 4 is 29.9 Å². The zero-order valence-electron chi connectivity index (χ0n) is 12.6. The molecule has 0 aliphatic carbocycles. The first-order valence-electron chi connectivity index (χ1n) is 6.59. The predicted molar refractivity (Wildman–Crippen MR) is 93.9 cm³/mol. The van der Waals surface area contributed by atoms with Crippen LogP contribution in [-0.2, 0) is 6.54 Å². The number of ether oxygens (including phenoxy) is 1. The highest BCUT2D eigenvalue weighted by atomic mass is 127. The number of aliphatic imine (C=N–C) groups is 1. The molecule has 0 spiro atoms.